The van der Waals surface area contributed by atoms with Gasteiger partial charge in [-0.25, -0.2) is 12.8 Å². The van der Waals surface area contributed by atoms with Crippen LogP contribution in [0.15, 0.2) is 69.8 Å². The zero-order chi connectivity index (χ0) is 34.0. The zero-order valence-electron chi connectivity index (χ0n) is 27.3. The number of fused-ring (bicyclic) bond motifs is 8. The first-order chi connectivity index (χ1) is 22.3. The Morgan fingerprint density at radius 3 is 2.64 bits per heavy atom. The Morgan fingerprint density at radius 1 is 1.15 bits per heavy atom. The molecule has 47 heavy (non-hydrogen) atoms. The van der Waals surface area contributed by atoms with Crippen molar-refractivity contribution in [1.82, 2.24) is 4.31 Å². The van der Waals surface area contributed by atoms with E-state index >= 15 is 0 Å². The van der Waals surface area contributed by atoms with Crippen molar-refractivity contribution in [2.75, 3.05) is 13.1 Å². The number of sulfonamides is 1. The lowest BCUT2D eigenvalue weighted by Gasteiger charge is -2.46. The van der Waals surface area contributed by atoms with Crippen molar-refractivity contribution >= 4 is 38.7 Å². The maximum atomic E-state index is 14.8. The van der Waals surface area contributed by atoms with Gasteiger partial charge in [-0.3, -0.25) is 4.79 Å². The molecule has 3 aromatic rings. The lowest BCUT2D eigenvalue weighted by atomic mass is 9.64. The molecular weight excluding hydrogens is 657 g/mol. The lowest BCUT2D eigenvalue weighted by molar-refractivity contribution is -0.0723. The highest BCUT2D eigenvalue weighted by Crippen LogP contribution is 2.59. The van der Waals surface area contributed by atoms with E-state index in [1.54, 1.807) is 23.6 Å². The molecule has 2 bridgehead atoms. The number of benzene rings is 2. The Balaban J connectivity index is 1.61. The summed E-state index contributed by atoms with van der Waals surface area (Å²) < 4.78 is 44.1. The van der Waals surface area contributed by atoms with Crippen molar-refractivity contribution in [3.05, 3.63) is 98.7 Å². The van der Waals surface area contributed by atoms with E-state index in [2.05, 4.69) is 6.08 Å². The number of thiophene rings is 1. The Kier molecular flexibility index (Phi) is 11.2. The van der Waals surface area contributed by atoms with Gasteiger partial charge in [0.25, 0.3) is 10.0 Å². The van der Waals surface area contributed by atoms with E-state index in [9.17, 15) is 27.8 Å². The number of carbonyl (C=O) groups is 1. The van der Waals surface area contributed by atoms with E-state index in [1.807, 2.05) is 39.0 Å². The Hall–Kier alpha value is -2.40. The van der Waals surface area contributed by atoms with Crippen LogP contribution < -0.4 is 0 Å². The van der Waals surface area contributed by atoms with Crippen LogP contribution in [0.2, 0.25) is 5.02 Å². The molecule has 10 heteroatoms. The lowest BCUT2D eigenvalue weighted by Crippen LogP contribution is -2.53. The molecule has 2 N–H and O–H groups in total. The molecule has 6 rings (SSSR count). The van der Waals surface area contributed by atoms with Gasteiger partial charge in [0, 0.05) is 41.1 Å². The van der Waals surface area contributed by atoms with Crippen LogP contribution >= 0.6 is 22.9 Å². The molecule has 3 aliphatic carbocycles. The molecule has 0 unspecified atom stereocenters. The minimum Gasteiger partial charge on any atom is -0.393 e. The number of allylic oxidation sites excluding steroid dienone is 2. The molecule has 0 spiro atoms. The molecule has 0 aliphatic heterocycles. The molecule has 1 heterocycles. The van der Waals surface area contributed by atoms with E-state index < -0.39 is 33.0 Å². The Bertz CT molecular complexity index is 1710. The molecule has 0 radical (unpaired) electrons. The standard InChI is InChI=1S/C37H45ClFNO5S2/c1-4-19-40(47(44,45)35-11-7-20-46-35)24-37(43)18-16-31-28-15-13-26(21-27(41)14-12-25(2)8-6-17-36(31,37)3)22-29(28)34(42)23-30-32(38)9-5-10-33(30)39/h5,7-11,13,15,20,22,27,31,41,43H,4,6,12,14,16-19,21,23-24H2,1-3H3/t27-,31-,36-,37+/m0/s1. The maximum Gasteiger partial charge on any atom is 0.252 e. The fourth-order valence-corrected chi connectivity index (χ4v) is 10.5. The highest BCUT2D eigenvalue weighted by atomic mass is 35.5. The quantitative estimate of drug-likeness (QED) is 0.174. The summed E-state index contributed by atoms with van der Waals surface area (Å²) >= 11 is 7.50. The molecule has 6 nitrogen and oxygen atoms in total. The second-order valence-corrected chi connectivity index (χ2v) is 17.0. The van der Waals surface area contributed by atoms with E-state index in [-0.39, 0.29) is 46.0 Å². The fourth-order valence-electron chi connectivity index (χ4n) is 7.56. The highest BCUT2D eigenvalue weighted by Gasteiger charge is 2.58. The molecule has 1 fully saturated rings. The largest absolute Gasteiger partial charge is 0.393 e. The fraction of sp³-hybridized carbons (Fsp3) is 0.486. The van der Waals surface area contributed by atoms with Crippen molar-refractivity contribution in [2.45, 2.75) is 100 Å². The minimum atomic E-state index is -3.83. The molecule has 2 aromatic carbocycles. The molecule has 1 aromatic heterocycles. The molecule has 3 aliphatic rings. The normalized spacial score (nSPS) is 25.4. The number of aliphatic hydroxyl groups excluding tert-OH is 1. The summed E-state index contributed by atoms with van der Waals surface area (Å²) in [5.74, 6) is -1.13. The van der Waals surface area contributed by atoms with E-state index in [0.717, 1.165) is 28.0 Å². The molecule has 0 saturated heterocycles. The molecule has 254 valence electrons. The van der Waals surface area contributed by atoms with Crippen LogP contribution in [0.4, 0.5) is 4.39 Å². The smallest absolute Gasteiger partial charge is 0.252 e. The predicted octanol–water partition coefficient (Wildman–Crippen LogP) is 8.11. The van der Waals surface area contributed by atoms with Gasteiger partial charge in [0.1, 0.15) is 10.0 Å². The second kappa shape index (κ2) is 14.6. The van der Waals surface area contributed by atoms with Gasteiger partial charge in [-0.2, -0.15) is 4.31 Å². The summed E-state index contributed by atoms with van der Waals surface area (Å²) in [7, 11) is -3.83. The summed E-state index contributed by atoms with van der Waals surface area (Å²) in [6.07, 6.45) is 5.66. The average molecular weight is 702 g/mol. The predicted molar refractivity (Wildman–Crippen MR) is 186 cm³/mol. The maximum absolute atomic E-state index is 14.8. The third-order valence-electron chi connectivity index (χ3n) is 10.4. The van der Waals surface area contributed by atoms with Gasteiger partial charge in [0.15, 0.2) is 5.78 Å². The van der Waals surface area contributed by atoms with Crippen molar-refractivity contribution in [1.29, 1.82) is 0 Å². The SMILES string of the molecule is CCCN(C[C@]1(O)CC[C@H]2c3ccc(cc3C(=O)Cc3c(F)cccc3Cl)C[C@@H](O)CCC(C)=CCC[C@@]21C)S(=O)(=O)c1cccs1. The van der Waals surface area contributed by atoms with Gasteiger partial charge < -0.3 is 10.2 Å². The van der Waals surface area contributed by atoms with Gasteiger partial charge in [-0.05, 0) is 105 Å². The van der Waals surface area contributed by atoms with Crippen molar-refractivity contribution in [3.8, 4) is 0 Å². The molecule has 0 amide bonds. The molecule has 1 saturated carbocycles. The van der Waals surface area contributed by atoms with Crippen LogP contribution in [0.25, 0.3) is 0 Å². The average Bonchev–Trinajstić information content (AvgIpc) is 3.65. The third-order valence-corrected chi connectivity index (χ3v) is 13.9. The van der Waals surface area contributed by atoms with Gasteiger partial charge in [0.2, 0.25) is 0 Å². The number of rotatable bonds is 9. The highest BCUT2D eigenvalue weighted by molar-refractivity contribution is 7.91. The van der Waals surface area contributed by atoms with E-state index in [0.29, 0.717) is 56.9 Å². The van der Waals surface area contributed by atoms with Crippen LogP contribution in [-0.2, 0) is 22.9 Å². The number of Topliss-reactive ketones (excluding diaryl/α,β-unsaturated/α-hetero) is 1. The summed E-state index contributed by atoms with van der Waals surface area (Å²) in [6, 6.07) is 13.3. The summed E-state index contributed by atoms with van der Waals surface area (Å²) in [5, 5.41) is 25.5. The molecular formula is C37H45ClFNO5S2. The van der Waals surface area contributed by atoms with Crippen molar-refractivity contribution < 1.29 is 27.8 Å². The van der Waals surface area contributed by atoms with Crippen LogP contribution in [0, 0.1) is 11.2 Å². The minimum absolute atomic E-state index is 0.0604. The second-order valence-electron chi connectivity index (χ2n) is 13.5. The van der Waals surface area contributed by atoms with Crippen molar-refractivity contribution in [3.63, 3.8) is 0 Å². The first kappa shape index (κ1) is 35.9. The van der Waals surface area contributed by atoms with Crippen LogP contribution in [0.1, 0.15) is 98.7 Å². The summed E-state index contributed by atoms with van der Waals surface area (Å²) in [5.41, 5.74) is 1.06. The summed E-state index contributed by atoms with van der Waals surface area (Å²) in [6.45, 7) is 6.21. The Labute approximate surface area is 287 Å². The van der Waals surface area contributed by atoms with Gasteiger partial charge in [-0.15, -0.1) is 11.3 Å². The number of halogens is 2. The molecule has 4 atom stereocenters. The Morgan fingerprint density at radius 2 is 1.94 bits per heavy atom. The van der Waals surface area contributed by atoms with Gasteiger partial charge >= 0.3 is 0 Å². The first-order valence-electron chi connectivity index (χ1n) is 16.5. The van der Waals surface area contributed by atoms with Gasteiger partial charge in [-0.1, -0.05) is 61.4 Å². The van der Waals surface area contributed by atoms with Crippen LogP contribution in [0.3, 0.4) is 0 Å². The number of hydrogen-bond acceptors (Lipinski definition) is 6. The zero-order valence-corrected chi connectivity index (χ0v) is 29.7. The number of nitrogens with zero attached hydrogens (tertiary/aromatic N) is 1. The first-order valence-corrected chi connectivity index (χ1v) is 19.2. The topological polar surface area (TPSA) is 94.9 Å². The van der Waals surface area contributed by atoms with Crippen molar-refractivity contribution in [2.24, 2.45) is 5.41 Å². The van der Waals surface area contributed by atoms with E-state index in [4.69, 9.17) is 11.6 Å². The number of ketones is 1. The summed E-state index contributed by atoms with van der Waals surface area (Å²) in [4.78, 5) is 14.1. The number of aliphatic hydroxyl groups is 2. The monoisotopic (exact) mass is 701 g/mol. The number of hydrogen-bond donors (Lipinski definition) is 2. The van der Waals surface area contributed by atoms with Crippen LogP contribution in [-0.4, -0.2) is 53.5 Å². The van der Waals surface area contributed by atoms with Crippen LogP contribution in [0.5, 0.6) is 0 Å². The third kappa shape index (κ3) is 7.46. The van der Waals surface area contributed by atoms with Gasteiger partial charge in [0.05, 0.1) is 11.7 Å². The number of carbonyl (C=O) groups excluding carboxylic acids is 1. The van der Waals surface area contributed by atoms with E-state index in [1.165, 1.54) is 16.4 Å².